The van der Waals surface area contributed by atoms with Crippen molar-refractivity contribution in [3.05, 3.63) is 23.8 Å². The molecular weight excluding hydrogens is 284 g/mol. The first kappa shape index (κ1) is 16.3. The molecule has 0 fully saturated rings. The van der Waals surface area contributed by atoms with E-state index in [0.717, 1.165) is 4.31 Å². The van der Waals surface area contributed by atoms with Gasteiger partial charge in [-0.25, -0.2) is 13.2 Å². The first-order valence-corrected chi connectivity index (χ1v) is 7.56. The number of nitrogens with zero attached hydrogens (tertiary/aromatic N) is 1. The first-order valence-electron chi connectivity index (χ1n) is 5.95. The van der Waals surface area contributed by atoms with Crippen molar-refractivity contribution in [1.82, 2.24) is 0 Å². The average Bonchev–Trinajstić information content (AvgIpc) is 2.38. The van der Waals surface area contributed by atoms with E-state index in [1.165, 1.54) is 25.3 Å². The number of carboxylic acids is 1. The van der Waals surface area contributed by atoms with Gasteiger partial charge in [-0.2, -0.15) is 0 Å². The Hall–Kier alpha value is -1.80. The molecule has 0 aliphatic heterocycles. The van der Waals surface area contributed by atoms with Crippen LogP contribution in [-0.2, 0) is 14.8 Å². The van der Waals surface area contributed by atoms with Crippen molar-refractivity contribution in [2.45, 2.75) is 6.92 Å². The van der Waals surface area contributed by atoms with Crippen molar-refractivity contribution in [2.75, 3.05) is 36.1 Å². The van der Waals surface area contributed by atoms with Crippen molar-refractivity contribution in [1.29, 1.82) is 0 Å². The number of nitrogens with two attached hydrogens (primary N) is 1. The van der Waals surface area contributed by atoms with Crippen molar-refractivity contribution in [3.63, 3.8) is 0 Å². The van der Waals surface area contributed by atoms with Gasteiger partial charge in [-0.1, -0.05) is 0 Å². The minimum atomic E-state index is -3.56. The number of carbonyl (C=O) groups is 1. The second-order valence-corrected chi connectivity index (χ2v) is 6.07. The van der Waals surface area contributed by atoms with Gasteiger partial charge in [-0.05, 0) is 25.1 Å². The van der Waals surface area contributed by atoms with Crippen LogP contribution in [0.4, 0.5) is 11.4 Å². The summed E-state index contributed by atoms with van der Waals surface area (Å²) in [4.78, 5) is 10.8. The van der Waals surface area contributed by atoms with Crippen LogP contribution in [0.25, 0.3) is 0 Å². The molecule has 3 N–H and O–H groups in total. The number of sulfonamides is 1. The van der Waals surface area contributed by atoms with Crippen LogP contribution in [0.2, 0.25) is 0 Å². The van der Waals surface area contributed by atoms with E-state index in [9.17, 15) is 13.2 Å². The molecule has 7 nitrogen and oxygen atoms in total. The Bertz CT molecular complexity index is 586. The molecule has 1 aromatic rings. The molecule has 0 radical (unpaired) electrons. The number of rotatable bonds is 7. The topological polar surface area (TPSA) is 110 Å². The maximum absolute atomic E-state index is 12.2. The number of ether oxygens (including phenoxy) is 1. The highest BCUT2D eigenvalue weighted by atomic mass is 32.2. The van der Waals surface area contributed by atoms with Gasteiger partial charge in [0.1, 0.15) is 0 Å². The lowest BCUT2D eigenvalue weighted by Crippen LogP contribution is -2.34. The SMILES string of the molecule is CCN(c1ccc(C(=O)O)cc1N)S(=O)(=O)CCOC. The first-order chi connectivity index (χ1) is 9.33. The summed E-state index contributed by atoms with van der Waals surface area (Å²) < 4.78 is 30.3. The third-order valence-electron chi connectivity index (χ3n) is 2.71. The highest BCUT2D eigenvalue weighted by molar-refractivity contribution is 7.92. The molecule has 0 bridgehead atoms. The molecule has 20 heavy (non-hydrogen) atoms. The molecule has 0 aromatic heterocycles. The van der Waals surface area contributed by atoms with E-state index >= 15 is 0 Å². The van der Waals surface area contributed by atoms with Crippen LogP contribution < -0.4 is 10.0 Å². The highest BCUT2D eigenvalue weighted by Crippen LogP contribution is 2.26. The summed E-state index contributed by atoms with van der Waals surface area (Å²) in [5.41, 5.74) is 6.15. The molecule has 0 spiro atoms. The Morgan fingerprint density at radius 2 is 2.10 bits per heavy atom. The molecule has 8 heteroatoms. The molecule has 0 aliphatic rings. The maximum atomic E-state index is 12.2. The Morgan fingerprint density at radius 3 is 2.55 bits per heavy atom. The molecule has 0 heterocycles. The van der Waals surface area contributed by atoms with E-state index in [1.54, 1.807) is 6.92 Å². The molecule has 0 aliphatic carbocycles. The number of benzene rings is 1. The number of methoxy groups -OCH3 is 1. The van der Waals surface area contributed by atoms with Crippen LogP contribution in [0.3, 0.4) is 0 Å². The number of hydrogen-bond acceptors (Lipinski definition) is 5. The summed E-state index contributed by atoms with van der Waals surface area (Å²) in [5.74, 6) is -1.29. The smallest absolute Gasteiger partial charge is 0.335 e. The minimum absolute atomic E-state index is 0.0107. The Balaban J connectivity index is 3.16. The van der Waals surface area contributed by atoms with Crippen molar-refractivity contribution < 1.29 is 23.1 Å². The fourth-order valence-electron chi connectivity index (χ4n) is 1.73. The van der Waals surface area contributed by atoms with Gasteiger partial charge >= 0.3 is 5.97 Å². The van der Waals surface area contributed by atoms with Crippen LogP contribution in [0.5, 0.6) is 0 Å². The highest BCUT2D eigenvalue weighted by Gasteiger charge is 2.23. The van der Waals surface area contributed by atoms with Gasteiger partial charge in [0.2, 0.25) is 10.0 Å². The standard InChI is InChI=1S/C12H18N2O5S/c1-3-14(20(17,18)7-6-19-2)11-5-4-9(12(15)16)8-10(11)13/h4-5,8H,3,6-7,13H2,1-2H3,(H,15,16). The summed E-state index contributed by atoms with van der Waals surface area (Å²) in [7, 11) is -2.14. The fraction of sp³-hybridized carbons (Fsp3) is 0.417. The number of hydrogen-bond donors (Lipinski definition) is 2. The van der Waals surface area contributed by atoms with Gasteiger partial charge in [0.05, 0.1) is 29.3 Å². The minimum Gasteiger partial charge on any atom is -0.478 e. The number of nitrogen functional groups attached to an aromatic ring is 1. The lowest BCUT2D eigenvalue weighted by Gasteiger charge is -2.24. The third-order valence-corrected chi connectivity index (χ3v) is 4.52. The zero-order valence-corrected chi connectivity index (χ0v) is 12.2. The summed E-state index contributed by atoms with van der Waals surface area (Å²) in [6, 6.07) is 3.96. The molecule has 1 aromatic carbocycles. The second kappa shape index (κ2) is 6.58. The van der Waals surface area contributed by atoms with Crippen LogP contribution in [0.1, 0.15) is 17.3 Å². The Labute approximate surface area is 118 Å². The van der Waals surface area contributed by atoms with Crippen molar-refractivity contribution in [2.24, 2.45) is 0 Å². The van der Waals surface area contributed by atoms with Gasteiger partial charge in [0.15, 0.2) is 0 Å². The van der Waals surface area contributed by atoms with Gasteiger partial charge in [0, 0.05) is 13.7 Å². The lowest BCUT2D eigenvalue weighted by molar-refractivity contribution is 0.0697. The third kappa shape index (κ3) is 3.61. The quantitative estimate of drug-likeness (QED) is 0.720. The van der Waals surface area contributed by atoms with Gasteiger partial charge in [-0.15, -0.1) is 0 Å². The Kier molecular flexibility index (Phi) is 5.34. The van der Waals surface area contributed by atoms with Gasteiger partial charge in [0.25, 0.3) is 0 Å². The van der Waals surface area contributed by atoms with E-state index < -0.39 is 16.0 Å². The molecule has 0 atom stereocenters. The Morgan fingerprint density at radius 1 is 1.45 bits per heavy atom. The molecule has 0 saturated carbocycles. The zero-order valence-electron chi connectivity index (χ0n) is 11.4. The molecular formula is C12H18N2O5S. The maximum Gasteiger partial charge on any atom is 0.335 e. The predicted octanol–water partition coefficient (Wildman–Crippen LogP) is 0.770. The van der Waals surface area contributed by atoms with Crippen LogP contribution in [0.15, 0.2) is 18.2 Å². The van der Waals surface area contributed by atoms with E-state index in [-0.39, 0.29) is 35.8 Å². The van der Waals surface area contributed by atoms with E-state index in [1.807, 2.05) is 0 Å². The molecule has 112 valence electrons. The predicted molar refractivity (Wildman–Crippen MR) is 76.5 cm³/mol. The molecule has 1 rings (SSSR count). The zero-order chi connectivity index (χ0) is 15.3. The summed E-state index contributed by atoms with van der Waals surface area (Å²) in [6.45, 7) is 1.95. The van der Waals surface area contributed by atoms with Crippen LogP contribution in [-0.4, -0.2) is 45.5 Å². The van der Waals surface area contributed by atoms with E-state index in [2.05, 4.69) is 0 Å². The number of aromatic carboxylic acids is 1. The summed E-state index contributed by atoms with van der Waals surface area (Å²) >= 11 is 0. The van der Waals surface area contributed by atoms with E-state index in [0.29, 0.717) is 0 Å². The van der Waals surface area contributed by atoms with E-state index in [4.69, 9.17) is 15.6 Å². The van der Waals surface area contributed by atoms with Crippen LogP contribution in [0, 0.1) is 0 Å². The molecule has 0 amide bonds. The monoisotopic (exact) mass is 302 g/mol. The average molecular weight is 302 g/mol. The number of carboxylic acid groups (broad SMARTS) is 1. The van der Waals surface area contributed by atoms with Crippen LogP contribution >= 0.6 is 0 Å². The lowest BCUT2D eigenvalue weighted by atomic mass is 10.2. The molecule has 0 unspecified atom stereocenters. The van der Waals surface area contributed by atoms with Gasteiger partial charge < -0.3 is 15.6 Å². The fourth-order valence-corrected chi connectivity index (χ4v) is 3.19. The number of anilines is 2. The van der Waals surface area contributed by atoms with Gasteiger partial charge in [-0.3, -0.25) is 4.31 Å². The van der Waals surface area contributed by atoms with Crippen molar-refractivity contribution in [3.8, 4) is 0 Å². The normalized spacial score (nSPS) is 11.3. The summed E-state index contributed by atoms with van der Waals surface area (Å²) in [5, 5.41) is 8.87. The second-order valence-electron chi connectivity index (χ2n) is 4.05. The summed E-state index contributed by atoms with van der Waals surface area (Å²) in [6.07, 6.45) is 0. The largest absolute Gasteiger partial charge is 0.478 e. The molecule has 0 saturated heterocycles. The van der Waals surface area contributed by atoms with Crippen molar-refractivity contribution >= 4 is 27.4 Å².